The van der Waals surface area contributed by atoms with Crippen molar-refractivity contribution in [2.24, 2.45) is 5.92 Å². The molecule has 4 nitrogen and oxygen atoms in total. The normalized spacial score (nSPS) is 16.3. The van der Waals surface area contributed by atoms with Gasteiger partial charge < -0.3 is 10.2 Å². The summed E-state index contributed by atoms with van der Waals surface area (Å²) in [6.45, 7) is 4.86. The van der Waals surface area contributed by atoms with E-state index >= 15 is 0 Å². The van der Waals surface area contributed by atoms with Crippen LogP contribution in [0.25, 0.3) is 30.0 Å². The maximum absolute atomic E-state index is 13.2. The second-order valence-corrected chi connectivity index (χ2v) is 9.58. The van der Waals surface area contributed by atoms with Crippen molar-refractivity contribution < 1.29 is 0 Å². The maximum Gasteiger partial charge on any atom is 0.269 e. The predicted molar refractivity (Wildman–Crippen MR) is 152 cm³/mol. The number of hydrogen-bond donors (Lipinski definition) is 1. The minimum absolute atomic E-state index is 0.0715. The van der Waals surface area contributed by atoms with Crippen LogP contribution >= 0.6 is 11.3 Å². The predicted octanol–water partition coefficient (Wildman–Crippen LogP) is 5.23. The third kappa shape index (κ3) is 5.41. The Balaban J connectivity index is 1.72. The lowest BCUT2D eigenvalue weighted by molar-refractivity contribution is 0.655. The quantitative estimate of drug-likeness (QED) is 0.500. The molecule has 180 valence electrons. The van der Waals surface area contributed by atoms with Crippen molar-refractivity contribution in [2.75, 3.05) is 19.4 Å². The Morgan fingerprint density at radius 3 is 2.60 bits per heavy atom. The third-order valence-electron chi connectivity index (χ3n) is 6.32. The van der Waals surface area contributed by atoms with Crippen molar-refractivity contribution in [3.63, 3.8) is 0 Å². The van der Waals surface area contributed by atoms with Crippen LogP contribution in [0.3, 0.4) is 0 Å². The molecule has 1 aromatic heterocycles. The highest BCUT2D eigenvalue weighted by Gasteiger charge is 2.13. The lowest BCUT2D eigenvalue weighted by Crippen LogP contribution is -2.30. The van der Waals surface area contributed by atoms with Crippen molar-refractivity contribution in [3.8, 4) is 0 Å². The zero-order valence-corrected chi connectivity index (χ0v) is 21.7. The fraction of sp³-hybridized carbons (Fsp3) is 0.233. The molecule has 4 rings (SSSR count). The van der Waals surface area contributed by atoms with Gasteiger partial charge in [-0.1, -0.05) is 61.5 Å². The smallest absolute Gasteiger partial charge is 0.269 e. The molecule has 1 N–H and O–H groups in total. The molecule has 0 aliphatic carbocycles. The standard InChI is InChI=1S/C30H33N3OS/c1-5-22(15-16-24-12-8-10-14-26(24)31-3)21-29-33(6-2)30(34)28(35-29)18-17-27-25-13-9-7-11-23(25)19-20-32(27)4/h7-22,31H,5-6H2,1-4H3. The third-order valence-corrected chi connectivity index (χ3v) is 7.42. The van der Waals surface area contributed by atoms with Gasteiger partial charge in [-0.3, -0.25) is 9.36 Å². The molecule has 0 amide bonds. The van der Waals surface area contributed by atoms with Crippen LogP contribution in [0.15, 0.2) is 71.7 Å². The Kier molecular flexibility index (Phi) is 7.88. The van der Waals surface area contributed by atoms with E-state index in [1.165, 1.54) is 11.1 Å². The number of aromatic nitrogens is 1. The van der Waals surface area contributed by atoms with Crippen molar-refractivity contribution in [1.82, 2.24) is 9.47 Å². The van der Waals surface area contributed by atoms with E-state index in [0.29, 0.717) is 6.54 Å². The van der Waals surface area contributed by atoms with Crippen LogP contribution in [0.4, 0.5) is 5.69 Å². The van der Waals surface area contributed by atoms with E-state index < -0.39 is 0 Å². The van der Waals surface area contributed by atoms with E-state index in [2.05, 4.69) is 84.1 Å². The van der Waals surface area contributed by atoms with Crippen LogP contribution in [-0.2, 0) is 6.54 Å². The number of para-hydroxylation sites is 1. The van der Waals surface area contributed by atoms with E-state index in [4.69, 9.17) is 0 Å². The van der Waals surface area contributed by atoms with Crippen molar-refractivity contribution >= 4 is 47.0 Å². The molecule has 35 heavy (non-hydrogen) atoms. The van der Waals surface area contributed by atoms with Gasteiger partial charge in [0.1, 0.15) is 0 Å². The van der Waals surface area contributed by atoms with Gasteiger partial charge in [0, 0.05) is 43.8 Å². The molecule has 0 radical (unpaired) electrons. The number of nitrogens with zero attached hydrogens (tertiary/aromatic N) is 2. The van der Waals surface area contributed by atoms with Crippen LogP contribution < -0.4 is 20.1 Å². The SMILES string of the molecule is CCC(C=Cc1ccccc1NC)C=c1sc(=CC=C2c3ccccc3C=CN2C)c(=O)n1CC. The molecule has 1 unspecified atom stereocenters. The largest absolute Gasteiger partial charge is 0.388 e. The lowest BCUT2D eigenvalue weighted by atomic mass is 10.0. The summed E-state index contributed by atoms with van der Waals surface area (Å²) in [6.07, 6.45) is 15.8. The van der Waals surface area contributed by atoms with Gasteiger partial charge in [0.25, 0.3) is 5.56 Å². The Morgan fingerprint density at radius 1 is 1.06 bits per heavy atom. The first-order chi connectivity index (χ1) is 17.0. The number of benzene rings is 2. The minimum atomic E-state index is 0.0715. The van der Waals surface area contributed by atoms with Crippen molar-refractivity contribution in [2.45, 2.75) is 26.8 Å². The number of anilines is 1. The molecule has 0 bridgehead atoms. The molecular formula is C30H33N3OS. The van der Waals surface area contributed by atoms with Gasteiger partial charge in [-0.2, -0.15) is 0 Å². The molecule has 2 heterocycles. The summed E-state index contributed by atoms with van der Waals surface area (Å²) in [5.41, 5.74) is 5.78. The zero-order valence-electron chi connectivity index (χ0n) is 20.9. The molecule has 0 saturated carbocycles. The fourth-order valence-corrected chi connectivity index (χ4v) is 5.39. The summed E-state index contributed by atoms with van der Waals surface area (Å²) in [5.74, 6) is 0.239. The molecule has 1 aliphatic rings. The molecule has 0 saturated heterocycles. The summed E-state index contributed by atoms with van der Waals surface area (Å²) < 4.78 is 3.65. The van der Waals surface area contributed by atoms with Crippen LogP contribution in [0.2, 0.25) is 0 Å². The van der Waals surface area contributed by atoms with Gasteiger partial charge in [0.2, 0.25) is 0 Å². The average molecular weight is 484 g/mol. The Labute approximate surface area is 211 Å². The van der Waals surface area contributed by atoms with E-state index in [1.807, 2.05) is 49.9 Å². The molecule has 2 aromatic carbocycles. The lowest BCUT2D eigenvalue weighted by Gasteiger charge is -2.24. The zero-order chi connectivity index (χ0) is 24.8. The number of nitrogens with one attached hydrogen (secondary N) is 1. The Hall–Kier alpha value is -3.57. The first kappa shape index (κ1) is 24.6. The maximum atomic E-state index is 13.2. The second kappa shape index (κ2) is 11.2. The highest BCUT2D eigenvalue weighted by atomic mass is 32.1. The second-order valence-electron chi connectivity index (χ2n) is 8.52. The van der Waals surface area contributed by atoms with Gasteiger partial charge in [0.15, 0.2) is 0 Å². The van der Waals surface area contributed by atoms with Crippen LogP contribution in [0.5, 0.6) is 0 Å². The van der Waals surface area contributed by atoms with E-state index in [1.54, 1.807) is 11.3 Å². The van der Waals surface area contributed by atoms with Crippen molar-refractivity contribution in [1.29, 1.82) is 0 Å². The van der Waals surface area contributed by atoms with Crippen molar-refractivity contribution in [3.05, 3.63) is 103 Å². The van der Waals surface area contributed by atoms with E-state index in [9.17, 15) is 4.79 Å². The fourth-order valence-electron chi connectivity index (χ4n) is 4.26. The first-order valence-corrected chi connectivity index (χ1v) is 13.0. The summed E-state index contributed by atoms with van der Waals surface area (Å²) in [4.78, 5) is 15.3. The van der Waals surface area contributed by atoms with Gasteiger partial charge in [-0.25, -0.2) is 0 Å². The molecule has 5 heteroatoms. The minimum Gasteiger partial charge on any atom is -0.388 e. The molecular weight excluding hydrogens is 450 g/mol. The number of rotatable bonds is 7. The highest BCUT2D eigenvalue weighted by Crippen LogP contribution is 2.27. The van der Waals surface area contributed by atoms with Gasteiger partial charge in [-0.05, 0) is 60.8 Å². The molecule has 1 atom stereocenters. The number of hydrogen-bond acceptors (Lipinski definition) is 4. The first-order valence-electron chi connectivity index (χ1n) is 12.1. The Bertz CT molecular complexity index is 1460. The van der Waals surface area contributed by atoms with Crippen LogP contribution in [-0.4, -0.2) is 23.6 Å². The summed E-state index contributed by atoms with van der Waals surface area (Å²) in [6, 6.07) is 16.6. The summed E-state index contributed by atoms with van der Waals surface area (Å²) in [7, 11) is 3.98. The Morgan fingerprint density at radius 2 is 1.83 bits per heavy atom. The topological polar surface area (TPSA) is 37.3 Å². The van der Waals surface area contributed by atoms with Gasteiger partial charge >= 0.3 is 0 Å². The summed E-state index contributed by atoms with van der Waals surface area (Å²) >= 11 is 1.57. The summed E-state index contributed by atoms with van der Waals surface area (Å²) in [5, 5.41) is 3.24. The van der Waals surface area contributed by atoms with Crippen LogP contribution in [0, 0.1) is 5.92 Å². The molecule has 0 spiro atoms. The van der Waals surface area contributed by atoms with Gasteiger partial charge in [0.05, 0.1) is 9.20 Å². The highest BCUT2D eigenvalue weighted by molar-refractivity contribution is 7.07. The van der Waals surface area contributed by atoms with Gasteiger partial charge in [-0.15, -0.1) is 11.3 Å². The molecule has 0 fully saturated rings. The number of fused-ring (bicyclic) bond motifs is 1. The number of thiazole rings is 1. The van der Waals surface area contributed by atoms with E-state index in [0.717, 1.165) is 32.6 Å². The monoisotopic (exact) mass is 483 g/mol. The molecule has 1 aliphatic heterocycles. The molecule has 3 aromatic rings. The van der Waals surface area contributed by atoms with E-state index in [-0.39, 0.29) is 11.5 Å². The average Bonchev–Trinajstić information content (AvgIpc) is 3.19. The van der Waals surface area contributed by atoms with Crippen LogP contribution in [0.1, 0.15) is 37.0 Å². The number of allylic oxidation sites excluding steroid dienone is 2.